The molecule has 1 atom stereocenters. The molecule has 0 saturated carbocycles. The molecule has 1 aromatic rings. The second-order valence-corrected chi connectivity index (χ2v) is 5.89. The molecule has 0 aliphatic rings. The van der Waals surface area contributed by atoms with Gasteiger partial charge in [0.25, 0.3) is 0 Å². The Kier molecular flexibility index (Phi) is 5.79. The predicted octanol–water partition coefficient (Wildman–Crippen LogP) is 3.57. The van der Waals surface area contributed by atoms with Crippen molar-refractivity contribution in [3.05, 3.63) is 17.5 Å². The highest BCUT2D eigenvalue weighted by atomic mass is 32.2. The van der Waals surface area contributed by atoms with Gasteiger partial charge in [0.15, 0.2) is 0 Å². The summed E-state index contributed by atoms with van der Waals surface area (Å²) in [6, 6.07) is 4.15. The summed E-state index contributed by atoms with van der Waals surface area (Å²) in [5.74, 6) is -0.0869. The van der Waals surface area contributed by atoms with E-state index < -0.39 is 0 Å². The normalized spacial score (nSPS) is 12.4. The zero-order valence-electron chi connectivity index (χ0n) is 9.06. The van der Waals surface area contributed by atoms with Crippen LogP contribution in [-0.2, 0) is 9.53 Å². The average molecular weight is 244 g/mol. The maximum atomic E-state index is 11.1. The van der Waals surface area contributed by atoms with Crippen molar-refractivity contribution in [2.75, 3.05) is 6.61 Å². The molecule has 1 aromatic heterocycles. The first-order valence-corrected chi connectivity index (χ1v) is 6.84. The van der Waals surface area contributed by atoms with E-state index in [0.717, 1.165) is 6.42 Å². The predicted molar refractivity (Wildman–Crippen MR) is 65.5 cm³/mol. The molecule has 1 unspecified atom stereocenters. The summed E-state index contributed by atoms with van der Waals surface area (Å²) < 4.78 is 6.19. The van der Waals surface area contributed by atoms with Gasteiger partial charge in [0.1, 0.15) is 0 Å². The van der Waals surface area contributed by atoms with Crippen LogP contribution in [0.25, 0.3) is 0 Å². The number of hydrogen-bond acceptors (Lipinski definition) is 4. The van der Waals surface area contributed by atoms with Crippen LogP contribution in [0.5, 0.6) is 0 Å². The number of thioether (sulfide) groups is 1. The number of rotatable bonds is 6. The Hall–Kier alpha value is -0.480. The first kappa shape index (κ1) is 12.6. The summed E-state index contributed by atoms with van der Waals surface area (Å²) in [4.78, 5) is 11.1. The largest absolute Gasteiger partial charge is 0.466 e. The number of thiophene rings is 1. The number of carbonyl (C=O) groups is 1. The van der Waals surface area contributed by atoms with Gasteiger partial charge in [-0.25, -0.2) is 0 Å². The van der Waals surface area contributed by atoms with Crippen LogP contribution in [-0.4, -0.2) is 17.8 Å². The van der Waals surface area contributed by atoms with Crippen LogP contribution >= 0.6 is 23.1 Å². The Morgan fingerprint density at radius 2 is 2.47 bits per heavy atom. The number of ether oxygens (including phenoxy) is 1. The van der Waals surface area contributed by atoms with E-state index in [0.29, 0.717) is 18.3 Å². The minimum atomic E-state index is -0.0869. The first-order valence-electron chi connectivity index (χ1n) is 5.08. The van der Waals surface area contributed by atoms with Crippen molar-refractivity contribution >= 4 is 29.1 Å². The van der Waals surface area contributed by atoms with Crippen LogP contribution in [0.2, 0.25) is 0 Å². The lowest BCUT2D eigenvalue weighted by Crippen LogP contribution is -2.06. The van der Waals surface area contributed by atoms with E-state index in [1.807, 2.05) is 24.8 Å². The maximum Gasteiger partial charge on any atom is 0.305 e. The van der Waals surface area contributed by atoms with Crippen molar-refractivity contribution in [2.24, 2.45) is 0 Å². The van der Waals surface area contributed by atoms with E-state index in [1.165, 1.54) is 4.21 Å². The Bertz CT molecular complexity index is 283. The van der Waals surface area contributed by atoms with Crippen LogP contribution < -0.4 is 0 Å². The quantitative estimate of drug-likeness (QED) is 0.565. The molecule has 84 valence electrons. The molecule has 0 spiro atoms. The molecular weight excluding hydrogens is 228 g/mol. The van der Waals surface area contributed by atoms with Crippen molar-refractivity contribution < 1.29 is 9.53 Å². The van der Waals surface area contributed by atoms with Crippen LogP contribution in [0.3, 0.4) is 0 Å². The topological polar surface area (TPSA) is 26.3 Å². The van der Waals surface area contributed by atoms with Gasteiger partial charge in [0.2, 0.25) is 0 Å². The average Bonchev–Trinajstić information content (AvgIpc) is 2.68. The fraction of sp³-hybridized carbons (Fsp3) is 0.545. The number of hydrogen-bond donors (Lipinski definition) is 0. The molecule has 0 aliphatic heterocycles. The number of carbonyl (C=O) groups excluding carboxylic acids is 1. The molecule has 0 radical (unpaired) electrons. The second kappa shape index (κ2) is 6.90. The molecule has 0 saturated heterocycles. The second-order valence-electron chi connectivity index (χ2n) is 3.20. The van der Waals surface area contributed by atoms with E-state index in [4.69, 9.17) is 4.74 Å². The molecule has 4 heteroatoms. The van der Waals surface area contributed by atoms with E-state index in [1.54, 1.807) is 11.3 Å². The summed E-state index contributed by atoms with van der Waals surface area (Å²) in [5, 5.41) is 2.54. The summed E-state index contributed by atoms with van der Waals surface area (Å²) >= 11 is 3.56. The summed E-state index contributed by atoms with van der Waals surface area (Å²) in [5.41, 5.74) is 0. The standard InChI is InChI=1S/C11H16O2S2/c1-3-13-10(12)7-6-9(2)15-11-5-4-8-14-11/h4-5,8-9H,3,6-7H2,1-2H3. The molecule has 0 fully saturated rings. The van der Waals surface area contributed by atoms with Crippen LogP contribution in [0.15, 0.2) is 21.7 Å². The lowest BCUT2D eigenvalue weighted by atomic mass is 10.2. The molecule has 2 nitrogen and oxygen atoms in total. The fourth-order valence-electron chi connectivity index (χ4n) is 1.14. The van der Waals surface area contributed by atoms with Crippen molar-refractivity contribution in [3.8, 4) is 0 Å². The minimum absolute atomic E-state index is 0.0869. The van der Waals surface area contributed by atoms with Crippen LogP contribution in [0.1, 0.15) is 26.7 Å². The highest BCUT2D eigenvalue weighted by Crippen LogP contribution is 2.29. The van der Waals surface area contributed by atoms with Gasteiger partial charge in [-0.05, 0) is 24.8 Å². The minimum Gasteiger partial charge on any atom is -0.466 e. The van der Waals surface area contributed by atoms with Gasteiger partial charge in [0.05, 0.1) is 10.8 Å². The van der Waals surface area contributed by atoms with Crippen molar-refractivity contribution in [1.82, 2.24) is 0 Å². The number of esters is 1. The lowest BCUT2D eigenvalue weighted by Gasteiger charge is -2.08. The molecule has 0 amide bonds. The molecule has 0 bridgehead atoms. The van der Waals surface area contributed by atoms with Gasteiger partial charge < -0.3 is 4.74 Å². The van der Waals surface area contributed by atoms with E-state index >= 15 is 0 Å². The van der Waals surface area contributed by atoms with E-state index in [-0.39, 0.29) is 5.97 Å². The van der Waals surface area contributed by atoms with Crippen molar-refractivity contribution in [1.29, 1.82) is 0 Å². The summed E-state index contributed by atoms with van der Waals surface area (Å²) in [6.07, 6.45) is 1.40. The fourth-order valence-corrected chi connectivity index (χ4v) is 3.26. The third-order valence-corrected chi connectivity index (χ3v) is 4.12. The van der Waals surface area contributed by atoms with Crippen LogP contribution in [0, 0.1) is 0 Å². The SMILES string of the molecule is CCOC(=O)CCC(C)Sc1cccs1. The Balaban J connectivity index is 2.19. The van der Waals surface area contributed by atoms with Gasteiger partial charge in [-0.2, -0.15) is 0 Å². The zero-order valence-corrected chi connectivity index (χ0v) is 10.7. The molecule has 1 heterocycles. The van der Waals surface area contributed by atoms with Gasteiger partial charge in [-0.15, -0.1) is 23.1 Å². The molecule has 0 aromatic carbocycles. The molecule has 1 rings (SSSR count). The highest BCUT2D eigenvalue weighted by Gasteiger charge is 2.08. The molecule has 0 N–H and O–H groups in total. The Labute approximate surface area is 99.0 Å². The summed E-state index contributed by atoms with van der Waals surface area (Å²) in [6.45, 7) is 4.45. The molecule has 15 heavy (non-hydrogen) atoms. The Morgan fingerprint density at radius 1 is 1.67 bits per heavy atom. The van der Waals surface area contributed by atoms with Gasteiger partial charge >= 0.3 is 5.97 Å². The lowest BCUT2D eigenvalue weighted by molar-refractivity contribution is -0.143. The highest BCUT2D eigenvalue weighted by molar-refractivity contribution is 8.01. The third kappa shape index (κ3) is 5.23. The maximum absolute atomic E-state index is 11.1. The molecule has 0 aliphatic carbocycles. The summed E-state index contributed by atoms with van der Waals surface area (Å²) in [7, 11) is 0. The van der Waals surface area contributed by atoms with Gasteiger partial charge in [-0.1, -0.05) is 13.0 Å². The Morgan fingerprint density at radius 3 is 3.07 bits per heavy atom. The smallest absolute Gasteiger partial charge is 0.305 e. The van der Waals surface area contributed by atoms with Gasteiger partial charge in [0, 0.05) is 11.7 Å². The van der Waals surface area contributed by atoms with E-state index in [9.17, 15) is 4.79 Å². The van der Waals surface area contributed by atoms with Gasteiger partial charge in [-0.3, -0.25) is 4.79 Å². The third-order valence-electron chi connectivity index (χ3n) is 1.87. The van der Waals surface area contributed by atoms with Crippen molar-refractivity contribution in [3.63, 3.8) is 0 Å². The zero-order chi connectivity index (χ0) is 11.1. The van der Waals surface area contributed by atoms with E-state index in [2.05, 4.69) is 18.4 Å². The van der Waals surface area contributed by atoms with Crippen LogP contribution in [0.4, 0.5) is 0 Å². The van der Waals surface area contributed by atoms with Crippen molar-refractivity contribution in [2.45, 2.75) is 36.1 Å². The molecular formula is C11H16O2S2. The first-order chi connectivity index (χ1) is 7.22. The monoisotopic (exact) mass is 244 g/mol.